The van der Waals surface area contributed by atoms with E-state index in [9.17, 15) is 8.42 Å². The highest BCUT2D eigenvalue weighted by Gasteiger charge is 2.40. The lowest BCUT2D eigenvalue weighted by Crippen LogP contribution is -2.36. The van der Waals surface area contributed by atoms with Gasteiger partial charge in [-0.1, -0.05) is 37.1 Å². The van der Waals surface area contributed by atoms with Crippen molar-refractivity contribution in [1.29, 1.82) is 0 Å². The van der Waals surface area contributed by atoms with E-state index in [1.54, 1.807) is 24.3 Å². The maximum Gasteiger partial charge on any atom is 0.330 e. The van der Waals surface area contributed by atoms with Crippen molar-refractivity contribution < 1.29 is 8.42 Å². The van der Waals surface area contributed by atoms with Crippen LogP contribution < -0.4 is 13.9 Å². The zero-order chi connectivity index (χ0) is 19.3. The third-order valence-electron chi connectivity index (χ3n) is 4.61. The molecule has 146 valence electrons. The van der Waals surface area contributed by atoms with Crippen LogP contribution in [0.2, 0.25) is 5.02 Å². The van der Waals surface area contributed by atoms with Gasteiger partial charge < -0.3 is 5.32 Å². The second-order valence-corrected chi connectivity index (χ2v) is 8.76. The molecule has 0 atom stereocenters. The van der Waals surface area contributed by atoms with Gasteiger partial charge in [0.15, 0.2) is 0 Å². The van der Waals surface area contributed by atoms with Crippen molar-refractivity contribution in [3.63, 3.8) is 0 Å². The second-order valence-electron chi connectivity index (χ2n) is 6.62. The van der Waals surface area contributed by atoms with E-state index >= 15 is 0 Å². The second kappa shape index (κ2) is 8.95. The molecule has 0 aliphatic carbocycles. The smallest absolute Gasteiger partial charge is 0.317 e. The van der Waals surface area contributed by atoms with Crippen LogP contribution in [0.4, 0.5) is 17.1 Å². The number of hydrogen-bond donors (Lipinski definition) is 1. The molecule has 27 heavy (non-hydrogen) atoms. The fourth-order valence-electron chi connectivity index (χ4n) is 3.21. The van der Waals surface area contributed by atoms with Crippen LogP contribution >= 0.6 is 11.6 Å². The van der Waals surface area contributed by atoms with Gasteiger partial charge in [-0.2, -0.15) is 8.42 Å². The summed E-state index contributed by atoms with van der Waals surface area (Å²) in [5.74, 6) is 0. The lowest BCUT2D eigenvalue weighted by molar-refractivity contribution is 0.583. The van der Waals surface area contributed by atoms with Crippen LogP contribution in [0.15, 0.2) is 48.5 Å². The zero-order valence-electron chi connectivity index (χ0n) is 15.6. The van der Waals surface area contributed by atoms with Crippen molar-refractivity contribution in [2.45, 2.75) is 32.6 Å². The average Bonchev–Trinajstić information content (AvgIpc) is 2.88. The van der Waals surface area contributed by atoms with Gasteiger partial charge in [0.1, 0.15) is 0 Å². The minimum atomic E-state index is -3.65. The van der Waals surface area contributed by atoms with E-state index in [-0.39, 0.29) is 0 Å². The van der Waals surface area contributed by atoms with Gasteiger partial charge in [0.25, 0.3) is 0 Å². The molecule has 7 heteroatoms. The SMILES string of the molecule is CCCCNCCCCN1c2ccccc2N(c2ccc(Cl)cc2)S1(=O)=O. The van der Waals surface area contributed by atoms with Crippen LogP contribution in [0.25, 0.3) is 0 Å². The Morgan fingerprint density at radius 1 is 0.926 bits per heavy atom. The normalized spacial score (nSPS) is 15.2. The summed E-state index contributed by atoms with van der Waals surface area (Å²) in [4.78, 5) is 0. The van der Waals surface area contributed by atoms with E-state index in [2.05, 4.69) is 12.2 Å². The number of benzene rings is 2. The van der Waals surface area contributed by atoms with E-state index < -0.39 is 10.2 Å². The summed E-state index contributed by atoms with van der Waals surface area (Å²) in [5, 5.41) is 3.98. The van der Waals surface area contributed by atoms with Crippen LogP contribution in [0.1, 0.15) is 32.6 Å². The van der Waals surface area contributed by atoms with E-state index in [1.807, 2.05) is 24.3 Å². The van der Waals surface area contributed by atoms with E-state index in [1.165, 1.54) is 21.5 Å². The number of para-hydroxylation sites is 2. The van der Waals surface area contributed by atoms with Crippen LogP contribution in [0.3, 0.4) is 0 Å². The summed E-state index contributed by atoms with van der Waals surface area (Å²) >= 11 is 5.96. The lowest BCUT2D eigenvalue weighted by Gasteiger charge is -2.22. The molecule has 0 saturated carbocycles. The molecule has 0 unspecified atom stereocenters. The molecule has 1 N–H and O–H groups in total. The first-order chi connectivity index (χ1) is 13.1. The minimum absolute atomic E-state index is 0.471. The number of fused-ring (bicyclic) bond motifs is 1. The topological polar surface area (TPSA) is 52.6 Å². The Hall–Kier alpha value is -1.76. The average molecular weight is 408 g/mol. The first kappa shape index (κ1) is 20.0. The van der Waals surface area contributed by atoms with Gasteiger partial charge in [0, 0.05) is 11.6 Å². The first-order valence-corrected chi connectivity index (χ1v) is 11.2. The fourth-order valence-corrected chi connectivity index (χ4v) is 5.09. The number of nitrogens with one attached hydrogen (secondary N) is 1. The Morgan fingerprint density at radius 3 is 2.30 bits per heavy atom. The molecule has 0 bridgehead atoms. The maximum atomic E-state index is 13.2. The van der Waals surface area contributed by atoms with Crippen molar-refractivity contribution in [3.8, 4) is 0 Å². The van der Waals surface area contributed by atoms with Crippen LogP contribution in [0.5, 0.6) is 0 Å². The largest absolute Gasteiger partial charge is 0.330 e. The predicted molar refractivity (Wildman–Crippen MR) is 113 cm³/mol. The molecule has 1 aliphatic heterocycles. The van der Waals surface area contributed by atoms with Crippen molar-refractivity contribution in [2.24, 2.45) is 0 Å². The molecule has 0 amide bonds. The van der Waals surface area contributed by atoms with Crippen molar-refractivity contribution in [2.75, 3.05) is 28.2 Å². The van der Waals surface area contributed by atoms with Crippen molar-refractivity contribution in [1.82, 2.24) is 5.32 Å². The molecule has 1 heterocycles. The zero-order valence-corrected chi connectivity index (χ0v) is 17.1. The highest BCUT2D eigenvalue weighted by atomic mass is 35.5. The highest BCUT2D eigenvalue weighted by Crippen LogP contribution is 2.45. The number of rotatable bonds is 9. The van der Waals surface area contributed by atoms with E-state index in [4.69, 9.17) is 11.6 Å². The molecule has 0 spiro atoms. The van der Waals surface area contributed by atoms with Gasteiger partial charge in [-0.05, 0) is 68.8 Å². The predicted octanol–water partition coefficient (Wildman–Crippen LogP) is 4.71. The lowest BCUT2D eigenvalue weighted by atomic mass is 10.2. The minimum Gasteiger partial charge on any atom is -0.317 e. The Balaban J connectivity index is 1.75. The van der Waals surface area contributed by atoms with Crippen LogP contribution in [-0.2, 0) is 10.2 Å². The standard InChI is InChI=1S/C20H26ClN3O2S/c1-2-3-14-22-15-6-7-16-23-19-8-4-5-9-20(19)24(27(23,25)26)18-12-10-17(21)11-13-18/h4-5,8-13,22H,2-3,6-7,14-16H2,1H3. The first-order valence-electron chi connectivity index (χ1n) is 9.44. The number of anilines is 3. The van der Waals surface area contributed by atoms with Gasteiger partial charge in [0.2, 0.25) is 0 Å². The van der Waals surface area contributed by atoms with Crippen LogP contribution in [0, 0.1) is 0 Å². The van der Waals surface area contributed by atoms with Gasteiger partial charge in [-0.25, -0.2) is 4.31 Å². The molecule has 0 saturated heterocycles. The number of unbranched alkanes of at least 4 members (excludes halogenated alkanes) is 2. The Bertz CT molecular complexity index is 856. The Kier molecular flexibility index (Phi) is 6.63. The molecule has 0 aromatic heterocycles. The van der Waals surface area contributed by atoms with E-state index in [0.717, 1.165) is 31.6 Å². The summed E-state index contributed by atoms with van der Waals surface area (Å²) in [6, 6.07) is 14.3. The third kappa shape index (κ3) is 4.39. The Morgan fingerprint density at radius 2 is 1.59 bits per heavy atom. The molecule has 1 aliphatic rings. The van der Waals surface area contributed by atoms with E-state index in [0.29, 0.717) is 22.9 Å². The van der Waals surface area contributed by atoms with Crippen LogP contribution in [-0.4, -0.2) is 28.1 Å². The molecule has 0 fully saturated rings. The van der Waals surface area contributed by atoms with Crippen molar-refractivity contribution in [3.05, 3.63) is 53.6 Å². The highest BCUT2D eigenvalue weighted by molar-refractivity contribution is 7.95. The molecule has 3 rings (SSSR count). The molecule has 5 nitrogen and oxygen atoms in total. The summed E-state index contributed by atoms with van der Waals surface area (Å²) < 4.78 is 29.4. The molecule has 0 radical (unpaired) electrons. The number of halogens is 1. The summed E-state index contributed by atoms with van der Waals surface area (Å²) in [5.41, 5.74) is 2.00. The van der Waals surface area contributed by atoms with Crippen molar-refractivity contribution >= 4 is 38.9 Å². The fraction of sp³-hybridized carbons (Fsp3) is 0.400. The monoisotopic (exact) mass is 407 g/mol. The Labute approximate surface area is 167 Å². The summed E-state index contributed by atoms with van der Waals surface area (Å²) in [7, 11) is -3.65. The molecular formula is C20H26ClN3O2S. The number of hydrogen-bond acceptors (Lipinski definition) is 3. The quantitative estimate of drug-likeness (QED) is 0.612. The molecular weight excluding hydrogens is 382 g/mol. The maximum absolute atomic E-state index is 13.2. The summed E-state index contributed by atoms with van der Waals surface area (Å²) in [6.07, 6.45) is 4.10. The van der Waals surface area contributed by atoms with Gasteiger partial charge in [-0.3, -0.25) is 4.31 Å². The number of nitrogens with zero attached hydrogens (tertiary/aromatic N) is 2. The third-order valence-corrected chi connectivity index (χ3v) is 6.67. The summed E-state index contributed by atoms with van der Waals surface area (Å²) in [6.45, 7) is 4.57. The van der Waals surface area contributed by atoms with Gasteiger partial charge in [0.05, 0.1) is 17.1 Å². The van der Waals surface area contributed by atoms with Gasteiger partial charge >= 0.3 is 10.2 Å². The molecule has 2 aromatic carbocycles. The van der Waals surface area contributed by atoms with Gasteiger partial charge in [-0.15, -0.1) is 0 Å². The molecule has 2 aromatic rings.